The molecule has 39 heavy (non-hydrogen) atoms. The molecule has 2 heterocycles. The van der Waals surface area contributed by atoms with Gasteiger partial charge in [0.15, 0.2) is 5.96 Å². The molecule has 2 aromatic heterocycles. The van der Waals surface area contributed by atoms with Crippen molar-refractivity contribution in [1.82, 2.24) is 35.9 Å². The van der Waals surface area contributed by atoms with Gasteiger partial charge in [-0.1, -0.05) is 13.8 Å². The van der Waals surface area contributed by atoms with E-state index < -0.39 is 53.8 Å². The number of nitrogens with two attached hydrogens (primary N) is 3. The molecular formula is C23H37N11O5. The van der Waals surface area contributed by atoms with Gasteiger partial charge in [0.2, 0.25) is 17.7 Å². The Kier molecular flexibility index (Phi) is 11.9. The number of aliphatic carboxylic acids is 1. The van der Waals surface area contributed by atoms with Gasteiger partial charge < -0.3 is 48.2 Å². The predicted molar refractivity (Wildman–Crippen MR) is 141 cm³/mol. The van der Waals surface area contributed by atoms with Crippen LogP contribution in [0.5, 0.6) is 0 Å². The number of aliphatic imine (C=N–C) groups is 1. The highest BCUT2D eigenvalue weighted by Crippen LogP contribution is 2.07. The molecule has 0 aliphatic heterocycles. The first kappa shape index (κ1) is 30.8. The van der Waals surface area contributed by atoms with E-state index in [0.717, 1.165) is 0 Å². The molecule has 16 heteroatoms. The third-order valence-electron chi connectivity index (χ3n) is 5.76. The molecule has 2 aromatic rings. The number of aromatic amines is 2. The van der Waals surface area contributed by atoms with E-state index in [9.17, 15) is 24.3 Å². The quantitative estimate of drug-likeness (QED) is 0.0605. The fourth-order valence-corrected chi connectivity index (χ4v) is 3.62. The largest absolute Gasteiger partial charge is 0.480 e. The number of guanidine groups is 1. The van der Waals surface area contributed by atoms with E-state index in [2.05, 4.69) is 40.9 Å². The lowest BCUT2D eigenvalue weighted by molar-refractivity contribution is -0.143. The van der Waals surface area contributed by atoms with Crippen LogP contribution in [-0.2, 0) is 32.0 Å². The Balaban J connectivity index is 2.18. The average molecular weight is 548 g/mol. The van der Waals surface area contributed by atoms with Gasteiger partial charge in [-0.2, -0.15) is 0 Å². The third kappa shape index (κ3) is 10.4. The standard InChI is InChI=1S/C23H37N11O5/c1-12(2)18(22(38)39)34-21(37)17(7-14-9-28-11-31-14)33-20(36)16(6-13-8-27-10-30-13)32-19(35)15(24)4-3-5-29-23(25)26/h8-12,15-18H,3-7,24H2,1-2H3,(H,27,30)(H,28,31)(H,32,35)(H,33,36)(H,34,37)(H,38,39)(H4,25,26,29). The van der Waals surface area contributed by atoms with Crippen molar-refractivity contribution in [2.24, 2.45) is 28.1 Å². The van der Waals surface area contributed by atoms with Crippen molar-refractivity contribution < 1.29 is 24.3 Å². The maximum absolute atomic E-state index is 13.4. The van der Waals surface area contributed by atoms with Gasteiger partial charge in [-0.05, 0) is 18.8 Å². The number of carbonyl (C=O) groups excluding carboxylic acids is 3. The number of rotatable bonds is 16. The Hall–Kier alpha value is -4.47. The van der Waals surface area contributed by atoms with E-state index in [-0.39, 0.29) is 25.2 Å². The summed E-state index contributed by atoms with van der Waals surface area (Å²) in [7, 11) is 0. The first-order chi connectivity index (χ1) is 18.5. The number of carboxylic acid groups (broad SMARTS) is 1. The molecule has 3 amide bonds. The minimum atomic E-state index is -1.21. The summed E-state index contributed by atoms with van der Waals surface area (Å²) in [6, 6.07) is -4.41. The summed E-state index contributed by atoms with van der Waals surface area (Å²) in [4.78, 5) is 68.4. The second-order valence-electron chi connectivity index (χ2n) is 9.31. The van der Waals surface area contributed by atoms with Crippen LogP contribution in [0.2, 0.25) is 0 Å². The van der Waals surface area contributed by atoms with Gasteiger partial charge in [0.1, 0.15) is 18.1 Å². The molecule has 0 aromatic carbocycles. The fourth-order valence-electron chi connectivity index (χ4n) is 3.62. The van der Waals surface area contributed by atoms with Crippen molar-refractivity contribution in [2.75, 3.05) is 6.54 Å². The summed E-state index contributed by atoms with van der Waals surface area (Å²) in [5.74, 6) is -3.65. The summed E-state index contributed by atoms with van der Waals surface area (Å²) >= 11 is 0. The number of carbonyl (C=O) groups is 4. The topological polar surface area (TPSA) is 272 Å². The zero-order valence-electron chi connectivity index (χ0n) is 21.9. The lowest BCUT2D eigenvalue weighted by Crippen LogP contribution is -2.58. The molecule has 12 N–H and O–H groups in total. The Labute approximate surface area is 225 Å². The van der Waals surface area contributed by atoms with Crippen molar-refractivity contribution in [3.8, 4) is 0 Å². The van der Waals surface area contributed by atoms with Crippen LogP contribution in [-0.4, -0.2) is 85.4 Å². The minimum Gasteiger partial charge on any atom is -0.480 e. The van der Waals surface area contributed by atoms with Crippen LogP contribution < -0.4 is 33.2 Å². The number of carboxylic acids is 1. The smallest absolute Gasteiger partial charge is 0.326 e. The van der Waals surface area contributed by atoms with Crippen LogP contribution in [0.4, 0.5) is 0 Å². The van der Waals surface area contributed by atoms with Crippen molar-refractivity contribution >= 4 is 29.7 Å². The van der Waals surface area contributed by atoms with Crippen LogP contribution >= 0.6 is 0 Å². The molecular weight excluding hydrogens is 510 g/mol. The number of hydrogen-bond acceptors (Lipinski definition) is 8. The zero-order valence-corrected chi connectivity index (χ0v) is 21.9. The fraction of sp³-hybridized carbons (Fsp3) is 0.522. The van der Waals surface area contributed by atoms with Gasteiger partial charge in [0, 0.05) is 43.2 Å². The Morgan fingerprint density at radius 2 is 1.44 bits per heavy atom. The number of imidazole rings is 2. The van der Waals surface area contributed by atoms with E-state index in [4.69, 9.17) is 17.2 Å². The first-order valence-electron chi connectivity index (χ1n) is 12.4. The second kappa shape index (κ2) is 15.1. The summed E-state index contributed by atoms with van der Waals surface area (Å²) in [6.07, 6.45) is 6.54. The molecule has 0 aliphatic carbocycles. The van der Waals surface area contributed by atoms with Crippen LogP contribution in [0.1, 0.15) is 38.1 Å². The molecule has 4 unspecified atom stereocenters. The minimum absolute atomic E-state index is 0.00294. The van der Waals surface area contributed by atoms with E-state index in [1.807, 2.05) is 0 Å². The molecule has 0 bridgehead atoms. The van der Waals surface area contributed by atoms with Gasteiger partial charge in [-0.25, -0.2) is 14.8 Å². The van der Waals surface area contributed by atoms with E-state index in [1.54, 1.807) is 13.8 Å². The Morgan fingerprint density at radius 1 is 0.923 bits per heavy atom. The Morgan fingerprint density at radius 3 is 1.87 bits per heavy atom. The van der Waals surface area contributed by atoms with Gasteiger partial charge in [0.05, 0.1) is 18.7 Å². The predicted octanol–water partition coefficient (Wildman–Crippen LogP) is -2.51. The third-order valence-corrected chi connectivity index (χ3v) is 5.76. The lowest BCUT2D eigenvalue weighted by Gasteiger charge is -2.25. The molecule has 0 aliphatic rings. The van der Waals surface area contributed by atoms with Gasteiger partial charge in [0.25, 0.3) is 0 Å². The summed E-state index contributed by atoms with van der Waals surface area (Å²) in [5.41, 5.74) is 17.7. The highest BCUT2D eigenvalue weighted by Gasteiger charge is 2.32. The summed E-state index contributed by atoms with van der Waals surface area (Å²) in [6.45, 7) is 3.59. The zero-order chi connectivity index (χ0) is 28.9. The van der Waals surface area contributed by atoms with Gasteiger partial charge >= 0.3 is 5.97 Å². The molecule has 16 nitrogen and oxygen atoms in total. The molecule has 0 saturated heterocycles. The lowest BCUT2D eigenvalue weighted by atomic mass is 10.0. The van der Waals surface area contributed by atoms with Crippen molar-refractivity contribution in [3.05, 3.63) is 36.4 Å². The first-order valence-corrected chi connectivity index (χ1v) is 12.4. The molecule has 2 rings (SSSR count). The molecule has 0 fully saturated rings. The van der Waals surface area contributed by atoms with Gasteiger partial charge in [-0.3, -0.25) is 19.4 Å². The highest BCUT2D eigenvalue weighted by atomic mass is 16.4. The number of aromatic nitrogens is 4. The number of H-pyrrole nitrogens is 2. The molecule has 0 spiro atoms. The maximum atomic E-state index is 13.4. The van der Waals surface area contributed by atoms with Gasteiger partial charge in [-0.15, -0.1) is 0 Å². The average Bonchev–Trinajstić information content (AvgIpc) is 3.57. The maximum Gasteiger partial charge on any atom is 0.326 e. The molecule has 0 saturated carbocycles. The highest BCUT2D eigenvalue weighted by molar-refractivity contribution is 5.94. The van der Waals surface area contributed by atoms with E-state index >= 15 is 0 Å². The number of nitrogens with one attached hydrogen (secondary N) is 5. The van der Waals surface area contributed by atoms with Crippen LogP contribution in [0.25, 0.3) is 0 Å². The number of amides is 3. The Bertz CT molecular complexity index is 1100. The van der Waals surface area contributed by atoms with Crippen LogP contribution in [0, 0.1) is 5.92 Å². The number of hydrogen-bond donors (Lipinski definition) is 9. The normalized spacial score (nSPS) is 14.1. The van der Waals surface area contributed by atoms with Crippen molar-refractivity contribution in [1.29, 1.82) is 0 Å². The van der Waals surface area contributed by atoms with Crippen molar-refractivity contribution in [2.45, 2.75) is 63.7 Å². The second-order valence-corrected chi connectivity index (χ2v) is 9.31. The van der Waals surface area contributed by atoms with E-state index in [0.29, 0.717) is 24.4 Å². The SMILES string of the molecule is CC(C)C(NC(=O)C(Cc1cnc[nH]1)NC(=O)C(Cc1cnc[nH]1)NC(=O)C(N)CCCN=C(N)N)C(=O)O. The number of nitrogens with zero attached hydrogens (tertiary/aromatic N) is 3. The molecule has 0 radical (unpaired) electrons. The van der Waals surface area contributed by atoms with E-state index in [1.165, 1.54) is 25.0 Å². The molecule has 214 valence electrons. The van der Waals surface area contributed by atoms with Crippen molar-refractivity contribution in [3.63, 3.8) is 0 Å². The summed E-state index contributed by atoms with van der Waals surface area (Å²) < 4.78 is 0. The summed E-state index contributed by atoms with van der Waals surface area (Å²) in [5, 5.41) is 17.2. The van der Waals surface area contributed by atoms with Crippen LogP contribution in [0.3, 0.4) is 0 Å². The monoisotopic (exact) mass is 547 g/mol. The molecule has 4 atom stereocenters. The van der Waals surface area contributed by atoms with Crippen LogP contribution in [0.15, 0.2) is 30.0 Å².